The number of rotatable bonds is 1. The van der Waals surface area contributed by atoms with E-state index >= 15 is 0 Å². The van der Waals surface area contributed by atoms with E-state index in [1.54, 1.807) is 4.90 Å². The van der Waals surface area contributed by atoms with Crippen LogP contribution in [0.3, 0.4) is 0 Å². The molecule has 22 heavy (non-hydrogen) atoms. The molecular weight excluding hydrogens is 411 g/mol. The van der Waals surface area contributed by atoms with E-state index in [2.05, 4.69) is 27.9 Å². The van der Waals surface area contributed by atoms with Crippen LogP contribution in [0.25, 0.3) is 0 Å². The predicted octanol–water partition coefficient (Wildman–Crippen LogP) is 3.18. The zero-order valence-corrected chi connectivity index (χ0v) is 14.3. The van der Waals surface area contributed by atoms with Crippen LogP contribution >= 0.6 is 34.4 Å². The van der Waals surface area contributed by atoms with Crippen molar-refractivity contribution in [2.45, 2.75) is 4.87 Å². The summed E-state index contributed by atoms with van der Waals surface area (Å²) in [6.45, 7) is 0. The minimum atomic E-state index is -0.986. The van der Waals surface area contributed by atoms with Crippen LogP contribution in [0.5, 0.6) is 0 Å². The van der Waals surface area contributed by atoms with Gasteiger partial charge in [0.25, 0.3) is 5.91 Å². The standard InChI is InChI=1S/C16H11IN2O2S/c17-10-5-7-11(8-6-10)19-14(20)9-22-16(19)12-3-1-2-4-13(12)18-15(16)21/h1-8H,9H2,(H,18,21)/t16-/m1/s1. The van der Waals surface area contributed by atoms with Crippen LogP contribution in [0.1, 0.15) is 5.56 Å². The molecule has 1 N–H and O–H groups in total. The van der Waals surface area contributed by atoms with Gasteiger partial charge in [0.2, 0.25) is 10.8 Å². The van der Waals surface area contributed by atoms with Gasteiger partial charge in [-0.05, 0) is 52.9 Å². The molecule has 0 radical (unpaired) electrons. The molecule has 1 saturated heterocycles. The van der Waals surface area contributed by atoms with Gasteiger partial charge in [0, 0.05) is 20.5 Å². The number of amides is 2. The Morgan fingerprint density at radius 1 is 1.09 bits per heavy atom. The van der Waals surface area contributed by atoms with E-state index in [1.165, 1.54) is 11.8 Å². The minimum Gasteiger partial charge on any atom is -0.323 e. The van der Waals surface area contributed by atoms with Gasteiger partial charge < -0.3 is 5.32 Å². The van der Waals surface area contributed by atoms with E-state index in [1.807, 2.05) is 48.5 Å². The van der Waals surface area contributed by atoms with Crippen LogP contribution in [0.2, 0.25) is 0 Å². The SMILES string of the molecule is O=C1CS[C@]2(C(=O)Nc3ccccc32)N1c1ccc(I)cc1. The molecule has 2 aromatic rings. The van der Waals surface area contributed by atoms with Crippen molar-refractivity contribution in [1.29, 1.82) is 0 Å². The van der Waals surface area contributed by atoms with E-state index in [-0.39, 0.29) is 11.8 Å². The van der Waals surface area contributed by atoms with Gasteiger partial charge in [0.1, 0.15) is 0 Å². The van der Waals surface area contributed by atoms with Crippen molar-refractivity contribution >= 4 is 57.5 Å². The Bertz CT molecular complexity index is 793. The first-order valence-corrected chi connectivity index (χ1v) is 8.83. The first-order chi connectivity index (χ1) is 10.6. The van der Waals surface area contributed by atoms with Gasteiger partial charge in [0.05, 0.1) is 5.75 Å². The fraction of sp³-hybridized carbons (Fsp3) is 0.125. The molecule has 0 saturated carbocycles. The van der Waals surface area contributed by atoms with Gasteiger partial charge in [-0.15, -0.1) is 11.8 Å². The lowest BCUT2D eigenvalue weighted by Crippen LogP contribution is -2.47. The number of anilines is 2. The van der Waals surface area contributed by atoms with Gasteiger partial charge in [-0.25, -0.2) is 0 Å². The Labute approximate surface area is 145 Å². The Morgan fingerprint density at radius 2 is 1.82 bits per heavy atom. The topological polar surface area (TPSA) is 49.4 Å². The van der Waals surface area contributed by atoms with Crippen molar-refractivity contribution < 1.29 is 9.59 Å². The number of carbonyl (C=O) groups excluding carboxylic acids is 2. The maximum atomic E-state index is 12.7. The zero-order valence-electron chi connectivity index (χ0n) is 11.4. The van der Waals surface area contributed by atoms with Gasteiger partial charge in [-0.3, -0.25) is 14.5 Å². The van der Waals surface area contributed by atoms with Crippen molar-refractivity contribution in [2.24, 2.45) is 0 Å². The summed E-state index contributed by atoms with van der Waals surface area (Å²) < 4.78 is 1.09. The second-order valence-corrected chi connectivity index (χ2v) is 7.55. The Morgan fingerprint density at radius 3 is 2.59 bits per heavy atom. The summed E-state index contributed by atoms with van der Waals surface area (Å²) in [5, 5.41) is 2.91. The second kappa shape index (κ2) is 4.99. The highest BCUT2D eigenvalue weighted by Crippen LogP contribution is 2.53. The molecule has 110 valence electrons. The van der Waals surface area contributed by atoms with Crippen LogP contribution in [-0.4, -0.2) is 17.6 Å². The summed E-state index contributed by atoms with van der Waals surface area (Å²) in [7, 11) is 0. The number of halogens is 1. The molecule has 6 heteroatoms. The maximum absolute atomic E-state index is 12.7. The third-order valence-electron chi connectivity index (χ3n) is 3.90. The second-order valence-electron chi connectivity index (χ2n) is 5.14. The monoisotopic (exact) mass is 422 g/mol. The number of carbonyl (C=O) groups is 2. The summed E-state index contributed by atoms with van der Waals surface area (Å²) in [6.07, 6.45) is 0. The number of para-hydroxylation sites is 1. The highest BCUT2D eigenvalue weighted by molar-refractivity contribution is 14.1. The molecule has 0 aliphatic carbocycles. The van der Waals surface area contributed by atoms with E-state index in [0.29, 0.717) is 5.75 Å². The molecule has 4 nitrogen and oxygen atoms in total. The zero-order chi connectivity index (χ0) is 15.3. The van der Waals surface area contributed by atoms with Crippen molar-refractivity contribution in [1.82, 2.24) is 0 Å². The molecule has 4 rings (SSSR count). The molecule has 1 spiro atoms. The number of thioether (sulfide) groups is 1. The fourth-order valence-corrected chi connectivity index (χ4v) is 4.64. The van der Waals surface area contributed by atoms with E-state index in [0.717, 1.165) is 20.5 Å². The van der Waals surface area contributed by atoms with E-state index < -0.39 is 4.87 Å². The molecule has 2 heterocycles. The van der Waals surface area contributed by atoms with Gasteiger partial charge in [-0.1, -0.05) is 18.2 Å². The van der Waals surface area contributed by atoms with Crippen LogP contribution in [0, 0.1) is 3.57 Å². The highest BCUT2D eigenvalue weighted by Gasteiger charge is 2.58. The summed E-state index contributed by atoms with van der Waals surface area (Å²) in [5.74, 6) is 0.106. The van der Waals surface area contributed by atoms with Crippen molar-refractivity contribution in [3.8, 4) is 0 Å². The lowest BCUT2D eigenvalue weighted by Gasteiger charge is -2.32. The maximum Gasteiger partial charge on any atom is 0.266 e. The molecule has 2 aromatic carbocycles. The highest BCUT2D eigenvalue weighted by atomic mass is 127. The Hall–Kier alpha value is -1.54. The van der Waals surface area contributed by atoms with E-state index in [9.17, 15) is 9.59 Å². The smallest absolute Gasteiger partial charge is 0.266 e. The number of fused-ring (bicyclic) bond motifs is 2. The van der Waals surface area contributed by atoms with Crippen molar-refractivity contribution in [3.05, 3.63) is 57.7 Å². The molecule has 2 amide bonds. The molecular formula is C16H11IN2O2S. The minimum absolute atomic E-state index is 0.0435. The first-order valence-electron chi connectivity index (χ1n) is 6.76. The lowest BCUT2D eigenvalue weighted by atomic mass is 10.0. The molecule has 2 aliphatic heterocycles. The molecule has 0 unspecified atom stereocenters. The molecule has 2 aliphatic rings. The van der Waals surface area contributed by atoms with Crippen molar-refractivity contribution in [3.63, 3.8) is 0 Å². The van der Waals surface area contributed by atoms with Crippen LogP contribution in [0.4, 0.5) is 11.4 Å². The summed E-state index contributed by atoms with van der Waals surface area (Å²) in [6, 6.07) is 15.2. The average Bonchev–Trinajstić information content (AvgIpc) is 3.00. The number of hydrogen-bond donors (Lipinski definition) is 1. The first kappa shape index (κ1) is 14.1. The lowest BCUT2D eigenvalue weighted by molar-refractivity contribution is -0.122. The van der Waals surface area contributed by atoms with Gasteiger partial charge in [-0.2, -0.15) is 0 Å². The Balaban J connectivity index is 1.92. The number of hydrogen-bond acceptors (Lipinski definition) is 3. The third-order valence-corrected chi connectivity index (χ3v) is 6.02. The Kier molecular flexibility index (Phi) is 3.19. The molecule has 1 atom stereocenters. The number of benzene rings is 2. The average molecular weight is 422 g/mol. The third kappa shape index (κ3) is 1.83. The van der Waals surface area contributed by atoms with Gasteiger partial charge in [0.15, 0.2) is 0 Å². The van der Waals surface area contributed by atoms with E-state index in [4.69, 9.17) is 0 Å². The summed E-state index contributed by atoms with van der Waals surface area (Å²) in [5.41, 5.74) is 2.39. The molecule has 1 fully saturated rings. The number of nitrogens with zero attached hydrogens (tertiary/aromatic N) is 1. The normalized spacial score (nSPS) is 23.0. The molecule has 0 aromatic heterocycles. The van der Waals surface area contributed by atoms with Crippen LogP contribution in [0.15, 0.2) is 48.5 Å². The summed E-state index contributed by atoms with van der Waals surface area (Å²) in [4.78, 5) is 25.9. The summed E-state index contributed by atoms with van der Waals surface area (Å²) >= 11 is 3.60. The van der Waals surface area contributed by atoms with Gasteiger partial charge >= 0.3 is 0 Å². The molecule has 0 bridgehead atoms. The van der Waals surface area contributed by atoms with Crippen LogP contribution < -0.4 is 10.2 Å². The van der Waals surface area contributed by atoms with Crippen LogP contribution in [-0.2, 0) is 14.5 Å². The number of nitrogens with one attached hydrogen (secondary N) is 1. The van der Waals surface area contributed by atoms with Crippen molar-refractivity contribution in [2.75, 3.05) is 16.0 Å². The quantitative estimate of drug-likeness (QED) is 0.719. The fourth-order valence-electron chi connectivity index (χ4n) is 2.97. The predicted molar refractivity (Wildman–Crippen MR) is 95.9 cm³/mol. The largest absolute Gasteiger partial charge is 0.323 e.